The zero-order chi connectivity index (χ0) is 15.4. The Bertz CT molecular complexity index is 481. The van der Waals surface area contributed by atoms with E-state index in [2.05, 4.69) is 47.4 Å². The zero-order valence-electron chi connectivity index (χ0n) is 13.9. The predicted molar refractivity (Wildman–Crippen MR) is 91.5 cm³/mol. The van der Waals surface area contributed by atoms with Gasteiger partial charge in [-0.05, 0) is 43.8 Å². The van der Waals surface area contributed by atoms with Crippen LogP contribution in [-0.4, -0.2) is 27.4 Å². The van der Waals surface area contributed by atoms with Crippen LogP contribution < -0.4 is 4.90 Å². The van der Waals surface area contributed by atoms with E-state index in [1.54, 1.807) is 0 Å². The minimum Gasteiger partial charge on any atom is -0.338 e. The lowest BCUT2D eigenvalue weighted by Crippen LogP contribution is -2.39. The molecule has 0 unspecified atom stereocenters. The van der Waals surface area contributed by atoms with Crippen molar-refractivity contribution in [2.45, 2.75) is 78.3 Å². The SMILES string of the molecule is CCC(CC)N(CC(C)C)c1n[nH]c(=S)n1C1CCCC1. The van der Waals surface area contributed by atoms with Gasteiger partial charge in [-0.2, -0.15) is 0 Å². The van der Waals surface area contributed by atoms with Crippen LogP contribution in [0.1, 0.15) is 72.3 Å². The van der Waals surface area contributed by atoms with Crippen molar-refractivity contribution in [3.8, 4) is 0 Å². The number of aromatic nitrogens is 3. The number of hydrogen-bond donors (Lipinski definition) is 1. The van der Waals surface area contributed by atoms with Gasteiger partial charge in [-0.15, -0.1) is 5.10 Å². The number of hydrogen-bond acceptors (Lipinski definition) is 3. The van der Waals surface area contributed by atoms with Crippen LogP contribution in [0.15, 0.2) is 0 Å². The van der Waals surface area contributed by atoms with E-state index in [1.165, 1.54) is 25.7 Å². The fraction of sp³-hybridized carbons (Fsp3) is 0.875. The summed E-state index contributed by atoms with van der Waals surface area (Å²) >= 11 is 5.52. The molecule has 0 radical (unpaired) electrons. The van der Waals surface area contributed by atoms with E-state index in [4.69, 9.17) is 12.2 Å². The highest BCUT2D eigenvalue weighted by atomic mass is 32.1. The molecule has 1 aromatic heterocycles. The van der Waals surface area contributed by atoms with Gasteiger partial charge in [0.2, 0.25) is 5.95 Å². The van der Waals surface area contributed by atoms with Crippen molar-refractivity contribution in [3.05, 3.63) is 4.77 Å². The largest absolute Gasteiger partial charge is 0.338 e. The van der Waals surface area contributed by atoms with Gasteiger partial charge in [0.25, 0.3) is 0 Å². The molecule has 1 aromatic rings. The molecule has 21 heavy (non-hydrogen) atoms. The Kier molecular flexibility index (Phi) is 5.85. The van der Waals surface area contributed by atoms with Crippen LogP contribution >= 0.6 is 12.2 Å². The first kappa shape index (κ1) is 16.5. The van der Waals surface area contributed by atoms with E-state index >= 15 is 0 Å². The van der Waals surface area contributed by atoms with E-state index in [1.807, 2.05) is 0 Å². The molecule has 1 fully saturated rings. The molecule has 4 nitrogen and oxygen atoms in total. The summed E-state index contributed by atoms with van der Waals surface area (Å²) in [5.74, 6) is 1.68. The molecule has 0 aliphatic heterocycles. The van der Waals surface area contributed by atoms with Crippen LogP contribution in [0.25, 0.3) is 0 Å². The van der Waals surface area contributed by atoms with Gasteiger partial charge in [-0.25, -0.2) is 5.10 Å². The maximum absolute atomic E-state index is 5.52. The first-order chi connectivity index (χ1) is 10.1. The van der Waals surface area contributed by atoms with Crippen molar-refractivity contribution in [1.82, 2.24) is 14.8 Å². The summed E-state index contributed by atoms with van der Waals surface area (Å²) in [5, 5.41) is 7.65. The summed E-state index contributed by atoms with van der Waals surface area (Å²) in [5.41, 5.74) is 0. The summed E-state index contributed by atoms with van der Waals surface area (Å²) in [4.78, 5) is 2.48. The Balaban J connectivity index is 2.37. The molecule has 0 spiro atoms. The average Bonchev–Trinajstić information content (AvgIpc) is 3.07. The number of anilines is 1. The van der Waals surface area contributed by atoms with Gasteiger partial charge < -0.3 is 4.90 Å². The Morgan fingerprint density at radius 1 is 1.29 bits per heavy atom. The molecule has 1 aliphatic rings. The third kappa shape index (κ3) is 3.68. The minimum atomic E-state index is 0.537. The molecule has 1 aliphatic carbocycles. The number of rotatable bonds is 7. The highest BCUT2D eigenvalue weighted by Gasteiger charge is 2.27. The Hall–Kier alpha value is -0.840. The van der Waals surface area contributed by atoms with Crippen molar-refractivity contribution in [3.63, 3.8) is 0 Å². The topological polar surface area (TPSA) is 36.9 Å². The summed E-state index contributed by atoms with van der Waals surface area (Å²) in [6.45, 7) is 10.1. The Morgan fingerprint density at radius 2 is 1.90 bits per heavy atom. The predicted octanol–water partition coefficient (Wildman–Crippen LogP) is 4.71. The quantitative estimate of drug-likeness (QED) is 0.741. The molecular formula is C16H30N4S. The molecule has 0 bridgehead atoms. The minimum absolute atomic E-state index is 0.537. The maximum atomic E-state index is 5.52. The molecule has 0 amide bonds. The van der Waals surface area contributed by atoms with Gasteiger partial charge in [-0.3, -0.25) is 4.57 Å². The third-order valence-electron chi connectivity index (χ3n) is 4.58. The molecule has 5 heteroatoms. The second-order valence-corrected chi connectivity index (χ2v) is 7.04. The average molecular weight is 311 g/mol. The van der Waals surface area contributed by atoms with Crippen LogP contribution in [0.4, 0.5) is 5.95 Å². The van der Waals surface area contributed by atoms with Crippen LogP contribution in [0.5, 0.6) is 0 Å². The van der Waals surface area contributed by atoms with Crippen LogP contribution in [0, 0.1) is 10.7 Å². The molecule has 1 N–H and O–H groups in total. The fourth-order valence-electron chi connectivity index (χ4n) is 3.51. The normalized spacial score (nSPS) is 16.3. The lowest BCUT2D eigenvalue weighted by atomic mass is 10.1. The Labute approximate surface area is 133 Å². The number of aromatic amines is 1. The van der Waals surface area contributed by atoms with E-state index in [-0.39, 0.29) is 0 Å². The third-order valence-corrected chi connectivity index (χ3v) is 4.87. The van der Waals surface area contributed by atoms with Crippen LogP contribution in [-0.2, 0) is 0 Å². The lowest BCUT2D eigenvalue weighted by Gasteiger charge is -2.33. The molecule has 0 aromatic carbocycles. The van der Waals surface area contributed by atoms with Crippen molar-refractivity contribution in [2.24, 2.45) is 5.92 Å². The molecular weight excluding hydrogens is 280 g/mol. The maximum Gasteiger partial charge on any atom is 0.226 e. The second-order valence-electron chi connectivity index (χ2n) is 6.65. The summed E-state index contributed by atoms with van der Waals surface area (Å²) < 4.78 is 3.08. The van der Waals surface area contributed by atoms with E-state index in [9.17, 15) is 0 Å². The summed E-state index contributed by atoms with van der Waals surface area (Å²) in [7, 11) is 0. The highest BCUT2D eigenvalue weighted by molar-refractivity contribution is 7.71. The molecule has 2 rings (SSSR count). The molecule has 1 saturated carbocycles. The molecule has 1 heterocycles. The Morgan fingerprint density at radius 3 is 2.43 bits per heavy atom. The van der Waals surface area contributed by atoms with Gasteiger partial charge in [0.05, 0.1) is 0 Å². The lowest BCUT2D eigenvalue weighted by molar-refractivity contribution is 0.460. The smallest absolute Gasteiger partial charge is 0.226 e. The molecule has 120 valence electrons. The van der Waals surface area contributed by atoms with E-state index in [0.29, 0.717) is 18.0 Å². The van der Waals surface area contributed by atoms with E-state index in [0.717, 1.165) is 30.1 Å². The van der Waals surface area contributed by atoms with E-state index < -0.39 is 0 Å². The van der Waals surface area contributed by atoms with Gasteiger partial charge >= 0.3 is 0 Å². The van der Waals surface area contributed by atoms with Crippen molar-refractivity contribution in [2.75, 3.05) is 11.4 Å². The van der Waals surface area contributed by atoms with Gasteiger partial charge in [0.1, 0.15) is 0 Å². The van der Waals surface area contributed by atoms with Gasteiger partial charge in [-0.1, -0.05) is 40.5 Å². The van der Waals surface area contributed by atoms with Crippen molar-refractivity contribution >= 4 is 18.2 Å². The summed E-state index contributed by atoms with van der Waals surface area (Å²) in [6, 6.07) is 1.08. The van der Waals surface area contributed by atoms with Crippen LogP contribution in [0.3, 0.4) is 0 Å². The zero-order valence-corrected chi connectivity index (χ0v) is 14.7. The number of nitrogens with zero attached hydrogens (tertiary/aromatic N) is 3. The monoisotopic (exact) mass is 310 g/mol. The number of nitrogens with one attached hydrogen (secondary N) is 1. The van der Waals surface area contributed by atoms with Gasteiger partial charge in [0, 0.05) is 18.6 Å². The highest BCUT2D eigenvalue weighted by Crippen LogP contribution is 2.33. The van der Waals surface area contributed by atoms with Crippen molar-refractivity contribution in [1.29, 1.82) is 0 Å². The second kappa shape index (κ2) is 7.43. The first-order valence-corrected chi connectivity index (χ1v) is 8.92. The number of H-pyrrole nitrogens is 1. The molecule has 0 saturated heterocycles. The first-order valence-electron chi connectivity index (χ1n) is 8.51. The molecule has 0 atom stereocenters. The fourth-order valence-corrected chi connectivity index (χ4v) is 3.78. The van der Waals surface area contributed by atoms with Crippen LogP contribution in [0.2, 0.25) is 0 Å². The standard InChI is InChI=1S/C16H30N4S/c1-5-13(6-2)19(11-12(3)4)15-17-18-16(21)20(15)14-9-7-8-10-14/h12-14H,5-11H2,1-4H3,(H,18,21). The van der Waals surface area contributed by atoms with Gasteiger partial charge in [0.15, 0.2) is 4.77 Å². The summed E-state index contributed by atoms with van der Waals surface area (Å²) in [6.07, 6.45) is 7.39. The van der Waals surface area contributed by atoms with Crippen molar-refractivity contribution < 1.29 is 0 Å².